The summed E-state index contributed by atoms with van der Waals surface area (Å²) in [6.45, 7) is 2.25. The maximum atomic E-state index is 13.4. The predicted molar refractivity (Wildman–Crippen MR) is 124 cm³/mol. The van der Waals surface area contributed by atoms with E-state index in [2.05, 4.69) is 0 Å². The van der Waals surface area contributed by atoms with E-state index in [-0.39, 0.29) is 23.7 Å². The predicted octanol–water partition coefficient (Wildman–Crippen LogP) is 4.49. The molecule has 0 N–H and O–H groups in total. The van der Waals surface area contributed by atoms with Gasteiger partial charge in [0.2, 0.25) is 5.91 Å². The van der Waals surface area contributed by atoms with Gasteiger partial charge in [0.15, 0.2) is 0 Å². The Kier molecular flexibility index (Phi) is 6.82. The molecule has 4 rings (SSSR count). The average Bonchev–Trinajstić information content (AvgIpc) is 3.48. The van der Waals surface area contributed by atoms with Gasteiger partial charge in [-0.1, -0.05) is 29.3 Å². The molecule has 0 radical (unpaired) electrons. The fraction of sp³-hybridized carbons (Fsp3) is 0.417. The van der Waals surface area contributed by atoms with Crippen molar-refractivity contribution in [2.75, 3.05) is 40.4 Å². The monoisotopic (exact) mass is 476 g/mol. The number of halogens is 2. The van der Waals surface area contributed by atoms with Gasteiger partial charge >= 0.3 is 0 Å². The number of methoxy groups -OCH3 is 2. The smallest absolute Gasteiger partial charge is 0.255 e. The normalized spacial score (nSPS) is 20.5. The largest absolute Gasteiger partial charge is 0.497 e. The molecule has 6 nitrogen and oxygen atoms in total. The lowest BCUT2D eigenvalue weighted by Crippen LogP contribution is -2.37. The minimum atomic E-state index is -0.356. The molecule has 2 aliphatic heterocycles. The molecular weight excluding hydrogens is 451 g/mol. The molecule has 2 fully saturated rings. The molecule has 0 bridgehead atoms. The van der Waals surface area contributed by atoms with Crippen molar-refractivity contribution in [3.8, 4) is 11.5 Å². The second kappa shape index (κ2) is 9.59. The van der Waals surface area contributed by atoms with Gasteiger partial charge in [-0.2, -0.15) is 0 Å². The summed E-state index contributed by atoms with van der Waals surface area (Å²) in [4.78, 5) is 30.4. The van der Waals surface area contributed by atoms with Crippen molar-refractivity contribution in [2.45, 2.75) is 18.8 Å². The average molecular weight is 477 g/mol. The zero-order valence-electron chi connectivity index (χ0n) is 18.1. The van der Waals surface area contributed by atoms with Crippen LogP contribution in [-0.4, -0.2) is 62.0 Å². The van der Waals surface area contributed by atoms with Crippen LogP contribution in [0, 0.1) is 5.92 Å². The fourth-order valence-electron chi connectivity index (χ4n) is 4.67. The van der Waals surface area contributed by atoms with Crippen LogP contribution in [-0.2, 0) is 4.79 Å². The van der Waals surface area contributed by atoms with E-state index in [0.29, 0.717) is 40.2 Å². The topological polar surface area (TPSA) is 59.1 Å². The summed E-state index contributed by atoms with van der Waals surface area (Å²) in [6.07, 6.45) is 2.02. The van der Waals surface area contributed by atoms with Gasteiger partial charge in [-0.05, 0) is 37.1 Å². The Balaban J connectivity index is 1.68. The van der Waals surface area contributed by atoms with E-state index in [1.807, 2.05) is 23.1 Å². The number of hydrogen-bond acceptors (Lipinski definition) is 4. The van der Waals surface area contributed by atoms with Crippen molar-refractivity contribution in [1.82, 2.24) is 9.80 Å². The number of nitrogens with zero attached hydrogens (tertiary/aromatic N) is 2. The quantitative estimate of drug-likeness (QED) is 0.637. The lowest BCUT2D eigenvalue weighted by molar-refractivity contribution is -0.134. The van der Waals surface area contributed by atoms with E-state index in [1.54, 1.807) is 37.3 Å². The molecule has 170 valence electrons. The maximum absolute atomic E-state index is 13.4. The summed E-state index contributed by atoms with van der Waals surface area (Å²) >= 11 is 12.3. The van der Waals surface area contributed by atoms with Crippen LogP contribution in [0.15, 0.2) is 36.4 Å². The second-order valence-corrected chi connectivity index (χ2v) is 9.03. The lowest BCUT2D eigenvalue weighted by Gasteiger charge is -2.25. The van der Waals surface area contributed by atoms with Crippen molar-refractivity contribution < 1.29 is 19.1 Å². The Morgan fingerprint density at radius 2 is 1.69 bits per heavy atom. The van der Waals surface area contributed by atoms with Crippen LogP contribution in [0.3, 0.4) is 0 Å². The number of carbonyl (C=O) groups excluding carboxylic acids is 2. The van der Waals surface area contributed by atoms with Gasteiger partial charge in [0.25, 0.3) is 5.91 Å². The van der Waals surface area contributed by atoms with Gasteiger partial charge in [-0.15, -0.1) is 0 Å². The highest BCUT2D eigenvalue weighted by molar-refractivity contribution is 6.36. The minimum absolute atomic E-state index is 0.0860. The summed E-state index contributed by atoms with van der Waals surface area (Å²) in [6, 6.07) is 10.4. The lowest BCUT2D eigenvalue weighted by atomic mass is 9.87. The Morgan fingerprint density at radius 1 is 0.938 bits per heavy atom. The van der Waals surface area contributed by atoms with Crippen LogP contribution in [0.1, 0.15) is 34.7 Å². The Bertz CT molecular complexity index is 1020. The summed E-state index contributed by atoms with van der Waals surface area (Å²) in [5, 5.41) is 0.770. The van der Waals surface area contributed by atoms with E-state index >= 15 is 0 Å². The summed E-state index contributed by atoms with van der Waals surface area (Å²) in [7, 11) is 3.20. The number of likely N-dealkylation sites (tertiary alicyclic amines) is 2. The molecule has 2 aromatic rings. The zero-order chi connectivity index (χ0) is 22.8. The Labute approximate surface area is 198 Å². The molecule has 2 aromatic carbocycles. The number of hydrogen-bond donors (Lipinski definition) is 0. The van der Waals surface area contributed by atoms with Crippen molar-refractivity contribution in [1.29, 1.82) is 0 Å². The molecule has 2 aliphatic rings. The minimum Gasteiger partial charge on any atom is -0.497 e. The number of ether oxygens (including phenoxy) is 2. The summed E-state index contributed by atoms with van der Waals surface area (Å²) < 4.78 is 10.9. The molecule has 0 aromatic heterocycles. The second-order valence-electron chi connectivity index (χ2n) is 8.19. The third kappa shape index (κ3) is 4.39. The first-order chi connectivity index (χ1) is 15.4. The zero-order valence-corrected chi connectivity index (χ0v) is 19.7. The molecule has 0 aliphatic carbocycles. The van der Waals surface area contributed by atoms with E-state index in [4.69, 9.17) is 32.7 Å². The van der Waals surface area contributed by atoms with Crippen LogP contribution in [0.4, 0.5) is 0 Å². The number of rotatable bonds is 5. The van der Waals surface area contributed by atoms with E-state index in [0.717, 1.165) is 31.5 Å². The Morgan fingerprint density at radius 3 is 2.34 bits per heavy atom. The molecule has 2 heterocycles. The van der Waals surface area contributed by atoms with Crippen molar-refractivity contribution in [2.24, 2.45) is 5.92 Å². The standard InChI is InChI=1S/C24H26Cl2N2O4/c1-31-16-6-8-17(22(12-16)32-2)19-13-28(14-20(19)24(30)27-9-3-4-10-27)23(29)18-7-5-15(25)11-21(18)26/h5-8,11-12,19-20H,3-4,9-10,13-14H2,1-2H3/t19-,20-/m1/s1. The highest BCUT2D eigenvalue weighted by Crippen LogP contribution is 2.41. The van der Waals surface area contributed by atoms with Crippen molar-refractivity contribution in [3.05, 3.63) is 57.6 Å². The highest BCUT2D eigenvalue weighted by Gasteiger charge is 2.43. The van der Waals surface area contributed by atoms with Crippen LogP contribution < -0.4 is 9.47 Å². The number of amides is 2. The van der Waals surface area contributed by atoms with Gasteiger partial charge in [0.1, 0.15) is 11.5 Å². The van der Waals surface area contributed by atoms with Crippen molar-refractivity contribution in [3.63, 3.8) is 0 Å². The maximum Gasteiger partial charge on any atom is 0.255 e. The van der Waals surface area contributed by atoms with Crippen LogP contribution in [0.25, 0.3) is 0 Å². The third-order valence-electron chi connectivity index (χ3n) is 6.34. The molecule has 8 heteroatoms. The van der Waals surface area contributed by atoms with E-state index in [9.17, 15) is 9.59 Å². The SMILES string of the molecule is COc1ccc([C@H]2CN(C(=O)c3ccc(Cl)cc3Cl)C[C@H]2C(=O)N2CCCC2)c(OC)c1. The highest BCUT2D eigenvalue weighted by atomic mass is 35.5. The summed E-state index contributed by atoms with van der Waals surface area (Å²) in [5.41, 5.74) is 1.27. The van der Waals surface area contributed by atoms with Crippen LogP contribution in [0.2, 0.25) is 10.0 Å². The van der Waals surface area contributed by atoms with Gasteiger partial charge in [0, 0.05) is 48.7 Å². The van der Waals surface area contributed by atoms with E-state index in [1.165, 1.54) is 0 Å². The van der Waals surface area contributed by atoms with Gasteiger partial charge in [0.05, 0.1) is 30.7 Å². The third-order valence-corrected chi connectivity index (χ3v) is 6.89. The number of carbonyl (C=O) groups is 2. The fourth-order valence-corrected chi connectivity index (χ4v) is 5.15. The first-order valence-electron chi connectivity index (χ1n) is 10.7. The summed E-state index contributed by atoms with van der Waals surface area (Å²) in [5.74, 6) is 0.646. The molecule has 2 amide bonds. The molecule has 0 saturated carbocycles. The Hall–Kier alpha value is -2.44. The first kappa shape index (κ1) is 22.7. The number of benzene rings is 2. The van der Waals surface area contributed by atoms with Crippen molar-refractivity contribution >= 4 is 35.0 Å². The molecule has 0 spiro atoms. The molecular formula is C24H26Cl2N2O4. The van der Waals surface area contributed by atoms with E-state index < -0.39 is 0 Å². The van der Waals surface area contributed by atoms with Crippen LogP contribution in [0.5, 0.6) is 11.5 Å². The molecule has 2 atom stereocenters. The van der Waals surface area contributed by atoms with Gasteiger partial charge in [-0.25, -0.2) is 0 Å². The first-order valence-corrected chi connectivity index (χ1v) is 11.4. The molecule has 0 unspecified atom stereocenters. The molecule has 32 heavy (non-hydrogen) atoms. The van der Waals surface area contributed by atoms with Gasteiger partial charge in [-0.3, -0.25) is 9.59 Å². The van der Waals surface area contributed by atoms with Gasteiger partial charge < -0.3 is 19.3 Å². The van der Waals surface area contributed by atoms with Crippen LogP contribution >= 0.6 is 23.2 Å². The molecule has 2 saturated heterocycles.